The quantitative estimate of drug-likeness (QED) is 0.590. The van der Waals surface area contributed by atoms with Gasteiger partial charge in [0.25, 0.3) is 0 Å². The van der Waals surface area contributed by atoms with Gasteiger partial charge in [-0.1, -0.05) is 0 Å². The van der Waals surface area contributed by atoms with Crippen LogP contribution in [0.4, 0.5) is 4.39 Å². The highest BCUT2D eigenvalue weighted by Gasteiger charge is 2.54. The Morgan fingerprint density at radius 2 is 1.48 bits per heavy atom. The Bertz CT molecular complexity index is 419. The van der Waals surface area contributed by atoms with E-state index in [-0.39, 0.29) is 11.6 Å². The maximum absolute atomic E-state index is 14.7. The van der Waals surface area contributed by atoms with Crippen LogP contribution in [0.5, 0.6) is 0 Å². The van der Waals surface area contributed by atoms with Crippen LogP contribution in [-0.2, 0) is 18.8 Å². The largest absolute Gasteiger partial charge is 0.525 e. The molecule has 120 valence electrons. The highest BCUT2D eigenvalue weighted by Crippen LogP contribution is 2.47. The van der Waals surface area contributed by atoms with E-state index < -0.39 is 24.1 Å². The number of methoxy groups -OCH3 is 2. The van der Waals surface area contributed by atoms with Crippen LogP contribution in [0, 0.1) is 5.92 Å². The molecule has 2 fully saturated rings. The van der Waals surface area contributed by atoms with E-state index in [1.807, 2.05) is 27.7 Å². The van der Waals surface area contributed by atoms with Crippen LogP contribution in [0.25, 0.3) is 0 Å². The molecule has 1 aliphatic heterocycles. The third-order valence-electron chi connectivity index (χ3n) is 5.31. The standard InChI is InChI=1S/C15H26BFO4/c1-10(11-8-15(9-11,18-6)19-7)12(17)16-20-13(2,3)14(4,5)21-16/h11H,8-9H2,1-7H3. The van der Waals surface area contributed by atoms with E-state index in [1.54, 1.807) is 21.1 Å². The van der Waals surface area contributed by atoms with Crippen LogP contribution in [0.15, 0.2) is 11.3 Å². The predicted molar refractivity (Wildman–Crippen MR) is 79.4 cm³/mol. The predicted octanol–water partition coefficient (Wildman–Crippen LogP) is 3.26. The minimum Gasteiger partial charge on any atom is -0.398 e. The van der Waals surface area contributed by atoms with Crippen molar-refractivity contribution in [1.29, 1.82) is 0 Å². The molecule has 6 heteroatoms. The first kappa shape index (κ1) is 16.9. The Balaban J connectivity index is 2.08. The van der Waals surface area contributed by atoms with Crippen molar-refractivity contribution in [2.75, 3.05) is 14.2 Å². The number of halogens is 1. The van der Waals surface area contributed by atoms with E-state index in [2.05, 4.69) is 0 Å². The molecule has 1 heterocycles. The maximum atomic E-state index is 14.7. The van der Waals surface area contributed by atoms with Crippen LogP contribution in [0.1, 0.15) is 47.5 Å². The maximum Gasteiger partial charge on any atom is 0.525 e. The monoisotopic (exact) mass is 300 g/mol. The third kappa shape index (κ3) is 2.79. The summed E-state index contributed by atoms with van der Waals surface area (Å²) < 4.78 is 36.9. The Kier molecular flexibility index (Phi) is 4.30. The molecule has 1 saturated carbocycles. The average molecular weight is 300 g/mol. The molecule has 0 N–H and O–H groups in total. The van der Waals surface area contributed by atoms with Crippen LogP contribution in [0.2, 0.25) is 0 Å². The molecule has 0 aromatic heterocycles. The second-order valence-corrected chi connectivity index (χ2v) is 7.04. The van der Waals surface area contributed by atoms with Gasteiger partial charge in [-0.15, -0.1) is 0 Å². The first-order valence-corrected chi connectivity index (χ1v) is 7.39. The summed E-state index contributed by atoms with van der Waals surface area (Å²) in [6.45, 7) is 9.46. The van der Waals surface area contributed by atoms with Gasteiger partial charge in [0.05, 0.1) is 11.2 Å². The molecular weight excluding hydrogens is 274 g/mol. The van der Waals surface area contributed by atoms with Gasteiger partial charge in [0.15, 0.2) is 5.79 Å². The summed E-state index contributed by atoms with van der Waals surface area (Å²) in [5.74, 6) is -0.466. The fourth-order valence-corrected chi connectivity index (χ4v) is 2.74. The SMILES string of the molecule is COC1(OC)CC(C(C)=C(F)B2OC(C)(C)C(C)(C)O2)C1. The van der Waals surface area contributed by atoms with Gasteiger partial charge < -0.3 is 18.8 Å². The number of allylic oxidation sites excluding steroid dienone is 1. The minimum absolute atomic E-state index is 0.101. The molecule has 2 rings (SSSR count). The van der Waals surface area contributed by atoms with Gasteiger partial charge >= 0.3 is 7.12 Å². The summed E-state index contributed by atoms with van der Waals surface area (Å²) >= 11 is 0. The Labute approximate surface area is 127 Å². The van der Waals surface area contributed by atoms with Gasteiger partial charge in [0.2, 0.25) is 0 Å². The average Bonchev–Trinajstić information content (AvgIpc) is 2.57. The van der Waals surface area contributed by atoms with E-state index in [1.165, 1.54) is 0 Å². The van der Waals surface area contributed by atoms with Gasteiger partial charge in [-0.3, -0.25) is 0 Å². The molecule has 0 amide bonds. The zero-order valence-electron chi connectivity index (χ0n) is 14.1. The summed E-state index contributed by atoms with van der Waals surface area (Å²) in [6, 6.07) is 0. The third-order valence-corrected chi connectivity index (χ3v) is 5.31. The number of ether oxygens (including phenoxy) is 2. The number of hydrogen-bond donors (Lipinski definition) is 0. The molecule has 2 aliphatic rings. The highest BCUT2D eigenvalue weighted by molar-refractivity contribution is 6.53. The van der Waals surface area contributed by atoms with E-state index >= 15 is 0 Å². The van der Waals surface area contributed by atoms with Crippen LogP contribution >= 0.6 is 0 Å². The van der Waals surface area contributed by atoms with Crippen molar-refractivity contribution < 1.29 is 23.2 Å². The molecule has 4 nitrogen and oxygen atoms in total. The number of rotatable bonds is 4. The number of hydrogen-bond acceptors (Lipinski definition) is 4. The molecule has 1 aliphatic carbocycles. The fourth-order valence-electron chi connectivity index (χ4n) is 2.74. The van der Waals surface area contributed by atoms with E-state index in [0.29, 0.717) is 18.4 Å². The summed E-state index contributed by atoms with van der Waals surface area (Å²) in [5.41, 5.74) is -0.715. The topological polar surface area (TPSA) is 36.9 Å². The molecule has 1 saturated heterocycles. The van der Waals surface area contributed by atoms with Gasteiger partial charge in [0, 0.05) is 27.1 Å². The van der Waals surface area contributed by atoms with Crippen LogP contribution in [0.3, 0.4) is 0 Å². The van der Waals surface area contributed by atoms with Gasteiger partial charge in [-0.2, -0.15) is 0 Å². The molecule has 0 aromatic rings. The van der Waals surface area contributed by atoms with Crippen molar-refractivity contribution in [1.82, 2.24) is 0 Å². The Morgan fingerprint density at radius 1 is 1.05 bits per heavy atom. The molecule has 0 atom stereocenters. The van der Waals surface area contributed by atoms with Crippen molar-refractivity contribution in [2.45, 2.75) is 64.4 Å². The lowest BCUT2D eigenvalue weighted by Crippen LogP contribution is -2.48. The summed E-state index contributed by atoms with van der Waals surface area (Å²) in [5, 5.41) is 0. The van der Waals surface area contributed by atoms with Gasteiger partial charge in [-0.25, -0.2) is 4.39 Å². The summed E-state index contributed by atoms with van der Waals surface area (Å²) in [6.07, 6.45) is 1.30. The zero-order chi connectivity index (χ0) is 16.1. The molecule has 21 heavy (non-hydrogen) atoms. The smallest absolute Gasteiger partial charge is 0.398 e. The van der Waals surface area contributed by atoms with E-state index in [0.717, 1.165) is 0 Å². The van der Waals surface area contributed by atoms with Crippen molar-refractivity contribution in [3.05, 3.63) is 11.3 Å². The van der Waals surface area contributed by atoms with Crippen molar-refractivity contribution in [2.24, 2.45) is 5.92 Å². The van der Waals surface area contributed by atoms with Gasteiger partial charge in [-0.05, 0) is 46.1 Å². The Hall–Kier alpha value is -0.425. The normalized spacial score (nSPS) is 28.3. The molecule has 0 unspecified atom stereocenters. The molecule has 0 radical (unpaired) electrons. The zero-order valence-corrected chi connectivity index (χ0v) is 14.1. The van der Waals surface area contributed by atoms with Crippen LogP contribution in [-0.4, -0.2) is 38.3 Å². The summed E-state index contributed by atoms with van der Waals surface area (Å²) in [4.78, 5) is 0. The van der Waals surface area contributed by atoms with E-state index in [9.17, 15) is 4.39 Å². The minimum atomic E-state index is -0.921. The Morgan fingerprint density at radius 3 is 1.86 bits per heavy atom. The van der Waals surface area contributed by atoms with Gasteiger partial charge in [0.1, 0.15) is 5.73 Å². The lowest BCUT2D eigenvalue weighted by molar-refractivity contribution is -0.264. The molecule has 0 spiro atoms. The molecule has 0 bridgehead atoms. The van der Waals surface area contributed by atoms with E-state index in [4.69, 9.17) is 18.8 Å². The first-order valence-electron chi connectivity index (χ1n) is 7.39. The summed E-state index contributed by atoms with van der Waals surface area (Å²) in [7, 11) is 2.31. The van der Waals surface area contributed by atoms with Crippen molar-refractivity contribution in [3.63, 3.8) is 0 Å². The fraction of sp³-hybridized carbons (Fsp3) is 0.867. The molecular formula is C15H26BFO4. The van der Waals surface area contributed by atoms with Crippen LogP contribution < -0.4 is 0 Å². The second-order valence-electron chi connectivity index (χ2n) is 7.04. The van der Waals surface area contributed by atoms with Crippen molar-refractivity contribution >= 4 is 7.12 Å². The first-order chi connectivity index (χ1) is 9.57. The lowest BCUT2D eigenvalue weighted by Gasteiger charge is -2.45. The second kappa shape index (κ2) is 5.34. The highest BCUT2D eigenvalue weighted by atomic mass is 19.1. The molecule has 0 aromatic carbocycles. The van der Waals surface area contributed by atoms with Crippen molar-refractivity contribution in [3.8, 4) is 0 Å². The lowest BCUT2D eigenvalue weighted by atomic mass is 9.70.